The molecule has 17 heavy (non-hydrogen) atoms. The van der Waals surface area contributed by atoms with E-state index in [1.807, 2.05) is 13.2 Å². The molecule has 4 nitrogen and oxygen atoms in total. The van der Waals surface area contributed by atoms with Crippen LogP contribution in [0, 0.1) is 0 Å². The van der Waals surface area contributed by atoms with E-state index >= 15 is 0 Å². The molecule has 1 rings (SSSR count). The highest BCUT2D eigenvalue weighted by molar-refractivity contribution is 8.02. The Labute approximate surface area is 112 Å². The molecule has 1 aliphatic rings. The molecule has 0 aliphatic carbocycles. The Kier molecular flexibility index (Phi) is 5.22. The number of carbonyl (C=O) groups excluding carboxylic acids is 1. The minimum atomic E-state index is -0.189. The minimum Gasteiger partial charge on any atom is -0.468 e. The first-order chi connectivity index (χ1) is 7.96. The van der Waals surface area contributed by atoms with E-state index in [9.17, 15) is 4.79 Å². The predicted molar refractivity (Wildman–Crippen MR) is 75.3 cm³/mol. The third-order valence-corrected chi connectivity index (χ3v) is 5.47. The van der Waals surface area contributed by atoms with E-state index < -0.39 is 0 Å². The quantitative estimate of drug-likeness (QED) is 0.611. The molecule has 1 fully saturated rings. The Balaban J connectivity index is 2.61. The summed E-state index contributed by atoms with van der Waals surface area (Å²) < 4.78 is 4.66. The monoisotopic (exact) mass is 276 g/mol. The standard InChI is InChI=1S/C11H20N2O2S2/c1-8(9(14)15-2)13-6-4-11(17-3,5-7-13)10(12)16/h8H,4-7H2,1-3H3,(H2,12,16). The fraction of sp³-hybridized carbons (Fsp3) is 0.818. The molecule has 1 saturated heterocycles. The van der Waals surface area contributed by atoms with Crippen molar-refractivity contribution in [1.82, 2.24) is 4.90 Å². The molecule has 0 radical (unpaired) electrons. The zero-order chi connectivity index (χ0) is 13.1. The normalized spacial score (nSPS) is 21.8. The van der Waals surface area contributed by atoms with Gasteiger partial charge in [-0.2, -0.15) is 11.8 Å². The summed E-state index contributed by atoms with van der Waals surface area (Å²) in [5.41, 5.74) is 5.82. The number of esters is 1. The molecule has 98 valence electrons. The van der Waals surface area contributed by atoms with Gasteiger partial charge in [0.15, 0.2) is 0 Å². The number of hydrogen-bond acceptors (Lipinski definition) is 5. The molecule has 0 aromatic heterocycles. The van der Waals surface area contributed by atoms with Crippen LogP contribution in [0.25, 0.3) is 0 Å². The second-order valence-corrected chi connectivity index (χ2v) is 5.93. The number of ether oxygens (including phenoxy) is 1. The van der Waals surface area contributed by atoms with Gasteiger partial charge in [-0.1, -0.05) is 12.2 Å². The van der Waals surface area contributed by atoms with Crippen LogP contribution >= 0.6 is 24.0 Å². The van der Waals surface area contributed by atoms with Crippen molar-refractivity contribution >= 4 is 34.9 Å². The molecule has 0 bridgehead atoms. The second-order valence-electron chi connectivity index (χ2n) is 4.30. The minimum absolute atomic E-state index is 0.0956. The van der Waals surface area contributed by atoms with Crippen molar-refractivity contribution in [3.8, 4) is 0 Å². The molecule has 2 N–H and O–H groups in total. The maximum absolute atomic E-state index is 11.5. The largest absolute Gasteiger partial charge is 0.468 e. The van der Waals surface area contributed by atoms with Crippen LogP contribution in [-0.4, -0.2) is 53.1 Å². The van der Waals surface area contributed by atoms with Gasteiger partial charge >= 0.3 is 5.97 Å². The van der Waals surface area contributed by atoms with Crippen LogP contribution in [0.15, 0.2) is 0 Å². The van der Waals surface area contributed by atoms with Crippen LogP contribution in [0.1, 0.15) is 19.8 Å². The molecule has 1 heterocycles. The molecular weight excluding hydrogens is 256 g/mol. The first kappa shape index (κ1) is 14.7. The van der Waals surface area contributed by atoms with Gasteiger partial charge in [-0.15, -0.1) is 0 Å². The van der Waals surface area contributed by atoms with Gasteiger partial charge in [-0.25, -0.2) is 0 Å². The number of piperidine rings is 1. The molecule has 1 atom stereocenters. The molecular formula is C11H20N2O2S2. The van der Waals surface area contributed by atoms with Crippen molar-refractivity contribution in [2.45, 2.75) is 30.6 Å². The van der Waals surface area contributed by atoms with Crippen molar-refractivity contribution in [1.29, 1.82) is 0 Å². The summed E-state index contributed by atoms with van der Waals surface area (Å²) in [5, 5.41) is 0. The van der Waals surface area contributed by atoms with Gasteiger partial charge in [0.25, 0.3) is 0 Å². The first-order valence-electron chi connectivity index (χ1n) is 5.64. The number of methoxy groups -OCH3 is 1. The summed E-state index contributed by atoms with van der Waals surface area (Å²) >= 11 is 6.87. The maximum atomic E-state index is 11.5. The van der Waals surface area contributed by atoms with Crippen LogP contribution in [-0.2, 0) is 9.53 Å². The van der Waals surface area contributed by atoms with Crippen molar-refractivity contribution < 1.29 is 9.53 Å². The van der Waals surface area contributed by atoms with Gasteiger partial charge in [0.1, 0.15) is 6.04 Å². The lowest BCUT2D eigenvalue weighted by atomic mass is 9.94. The number of hydrogen-bond donors (Lipinski definition) is 1. The Bertz CT molecular complexity index is 302. The van der Waals surface area contributed by atoms with Gasteiger partial charge < -0.3 is 10.5 Å². The summed E-state index contributed by atoms with van der Waals surface area (Å²) in [6.07, 6.45) is 3.83. The van der Waals surface area contributed by atoms with E-state index in [2.05, 4.69) is 4.90 Å². The fourth-order valence-electron chi connectivity index (χ4n) is 2.14. The molecule has 0 amide bonds. The summed E-state index contributed by atoms with van der Waals surface area (Å²) in [6.45, 7) is 3.53. The molecule has 0 aromatic carbocycles. The zero-order valence-electron chi connectivity index (χ0n) is 10.6. The Morgan fingerprint density at radius 1 is 1.53 bits per heavy atom. The van der Waals surface area contributed by atoms with E-state index in [1.165, 1.54) is 7.11 Å². The Hall–Kier alpha value is -0.330. The third kappa shape index (κ3) is 3.11. The number of nitrogens with two attached hydrogens (primary N) is 1. The number of thiocarbonyl (C=S) groups is 1. The molecule has 0 spiro atoms. The van der Waals surface area contributed by atoms with Gasteiger partial charge in [-0.05, 0) is 26.0 Å². The lowest BCUT2D eigenvalue weighted by Crippen LogP contribution is -2.52. The van der Waals surface area contributed by atoms with Crippen molar-refractivity contribution in [3.05, 3.63) is 0 Å². The van der Waals surface area contributed by atoms with Gasteiger partial charge in [0.05, 0.1) is 16.8 Å². The average molecular weight is 276 g/mol. The molecule has 1 unspecified atom stereocenters. The number of thioether (sulfide) groups is 1. The van der Waals surface area contributed by atoms with E-state index in [1.54, 1.807) is 11.8 Å². The van der Waals surface area contributed by atoms with E-state index in [4.69, 9.17) is 22.7 Å². The van der Waals surface area contributed by atoms with Gasteiger partial charge in [0.2, 0.25) is 0 Å². The van der Waals surface area contributed by atoms with Crippen molar-refractivity contribution in [2.75, 3.05) is 26.5 Å². The lowest BCUT2D eigenvalue weighted by molar-refractivity contribution is -0.146. The first-order valence-corrected chi connectivity index (χ1v) is 7.27. The number of rotatable bonds is 4. The summed E-state index contributed by atoms with van der Waals surface area (Å²) in [5.74, 6) is -0.183. The molecule has 6 heteroatoms. The highest BCUT2D eigenvalue weighted by Gasteiger charge is 2.38. The van der Waals surface area contributed by atoms with Crippen LogP contribution in [0.2, 0.25) is 0 Å². The SMILES string of the molecule is COC(=O)C(C)N1CCC(SC)(C(N)=S)CC1. The molecule has 1 aliphatic heterocycles. The third-order valence-electron chi connectivity index (χ3n) is 3.54. The second kappa shape index (κ2) is 6.02. The van der Waals surface area contributed by atoms with E-state index in [0.29, 0.717) is 4.99 Å². The van der Waals surface area contributed by atoms with Gasteiger partial charge in [0, 0.05) is 13.1 Å². The van der Waals surface area contributed by atoms with E-state index in [0.717, 1.165) is 25.9 Å². The summed E-state index contributed by atoms with van der Waals surface area (Å²) in [6, 6.07) is -0.189. The highest BCUT2D eigenvalue weighted by Crippen LogP contribution is 2.35. The average Bonchev–Trinajstić information content (AvgIpc) is 2.36. The van der Waals surface area contributed by atoms with Crippen molar-refractivity contribution in [2.24, 2.45) is 5.73 Å². The predicted octanol–water partition coefficient (Wildman–Crippen LogP) is 1.03. The smallest absolute Gasteiger partial charge is 0.322 e. The number of carbonyl (C=O) groups is 1. The number of nitrogens with zero attached hydrogens (tertiary/aromatic N) is 1. The van der Waals surface area contributed by atoms with Crippen LogP contribution in [0.4, 0.5) is 0 Å². The summed E-state index contributed by atoms with van der Waals surface area (Å²) in [7, 11) is 1.42. The van der Waals surface area contributed by atoms with Gasteiger partial charge in [-0.3, -0.25) is 9.69 Å². The Morgan fingerprint density at radius 2 is 2.06 bits per heavy atom. The molecule has 0 aromatic rings. The molecule has 0 saturated carbocycles. The van der Waals surface area contributed by atoms with E-state index in [-0.39, 0.29) is 16.8 Å². The topological polar surface area (TPSA) is 55.6 Å². The van der Waals surface area contributed by atoms with Crippen LogP contribution < -0.4 is 5.73 Å². The lowest BCUT2D eigenvalue weighted by Gasteiger charge is -2.41. The highest BCUT2D eigenvalue weighted by atomic mass is 32.2. The zero-order valence-corrected chi connectivity index (χ0v) is 12.2. The summed E-state index contributed by atoms with van der Waals surface area (Å²) in [4.78, 5) is 14.2. The maximum Gasteiger partial charge on any atom is 0.322 e. The fourth-order valence-corrected chi connectivity index (χ4v) is 3.39. The van der Waals surface area contributed by atoms with Crippen LogP contribution in [0.5, 0.6) is 0 Å². The van der Waals surface area contributed by atoms with Crippen molar-refractivity contribution in [3.63, 3.8) is 0 Å². The van der Waals surface area contributed by atoms with Crippen LogP contribution in [0.3, 0.4) is 0 Å². The Morgan fingerprint density at radius 3 is 2.41 bits per heavy atom. The number of likely N-dealkylation sites (tertiary alicyclic amines) is 1.